The summed E-state index contributed by atoms with van der Waals surface area (Å²) >= 11 is 0. The Morgan fingerprint density at radius 1 is 0.898 bits per heavy atom. The maximum absolute atomic E-state index is 14.2. The Labute approximate surface area is 282 Å². The first-order valence-corrected chi connectivity index (χ1v) is 16.1. The molecule has 2 saturated heterocycles. The van der Waals surface area contributed by atoms with E-state index in [0.29, 0.717) is 17.6 Å². The second-order valence-electron chi connectivity index (χ2n) is 12.3. The van der Waals surface area contributed by atoms with Gasteiger partial charge in [0.15, 0.2) is 17.4 Å². The SMILES string of the molecule is C[C@H]1NC(=O)CN(C)C(=O)[C@@H](Cc2ccccc2)NC(=O)[C@H]2CN(C(=O)c3nn(Cc4ccccc4)c4ncccc34)C[C@H](CNC1=O)O2. The largest absolute Gasteiger partial charge is 0.360 e. The molecule has 4 atom stereocenters. The Hall–Kier alpha value is -5.63. The lowest BCUT2D eigenvalue weighted by Crippen LogP contribution is -2.59. The first kappa shape index (κ1) is 33.3. The number of rotatable bonds is 5. The van der Waals surface area contributed by atoms with Crippen LogP contribution in [0.3, 0.4) is 0 Å². The van der Waals surface area contributed by atoms with Gasteiger partial charge in [-0.1, -0.05) is 60.7 Å². The van der Waals surface area contributed by atoms with Gasteiger partial charge in [-0.3, -0.25) is 24.0 Å². The molecular weight excluding hydrogens is 628 g/mol. The second kappa shape index (κ2) is 14.6. The fourth-order valence-electron chi connectivity index (χ4n) is 6.04. The third-order valence-corrected chi connectivity index (χ3v) is 8.56. The quantitative estimate of drug-likeness (QED) is 0.277. The number of morpholine rings is 1. The van der Waals surface area contributed by atoms with Crippen LogP contribution in [-0.2, 0) is 36.9 Å². The molecule has 0 radical (unpaired) electrons. The van der Waals surface area contributed by atoms with Crippen molar-refractivity contribution in [3.8, 4) is 0 Å². The number of ether oxygens (including phenoxy) is 1. The van der Waals surface area contributed by atoms with Gasteiger partial charge in [0.1, 0.15) is 12.1 Å². The van der Waals surface area contributed by atoms with E-state index in [4.69, 9.17) is 4.74 Å². The molecule has 5 amide bonds. The van der Waals surface area contributed by atoms with Crippen LogP contribution in [-0.4, -0.2) is 112 Å². The highest BCUT2D eigenvalue weighted by Gasteiger charge is 2.38. The highest BCUT2D eigenvalue weighted by molar-refractivity contribution is 6.04. The number of benzene rings is 2. The van der Waals surface area contributed by atoms with E-state index in [9.17, 15) is 24.0 Å². The number of aromatic nitrogens is 3. The van der Waals surface area contributed by atoms with E-state index in [0.717, 1.165) is 11.1 Å². The van der Waals surface area contributed by atoms with E-state index < -0.39 is 53.8 Å². The van der Waals surface area contributed by atoms with Crippen molar-refractivity contribution in [3.05, 3.63) is 95.8 Å². The standard InChI is InChI=1S/C35H38N8O6/c1-22-32(45)37-17-25-19-42(35(48)30-26-14-9-15-36-31(26)43(40-30)18-24-12-7-4-8-13-24)20-28(49-25)33(46)39-27(16-23-10-5-3-6-11-23)34(47)41(2)21-29(44)38-22/h3-15,22,25,27-28H,16-21H2,1-2H3,(H,37,45)(H,38,44)(H,39,46)/t22-,25+,27-,28-/m1/s1. The zero-order chi connectivity index (χ0) is 34.5. The molecule has 2 fully saturated rings. The molecule has 14 heteroatoms. The lowest BCUT2D eigenvalue weighted by molar-refractivity contribution is -0.148. The Morgan fingerprint density at radius 2 is 1.61 bits per heavy atom. The van der Waals surface area contributed by atoms with Gasteiger partial charge in [0.05, 0.1) is 31.1 Å². The Bertz CT molecular complexity index is 1850. The molecule has 6 rings (SSSR count). The van der Waals surface area contributed by atoms with Gasteiger partial charge >= 0.3 is 0 Å². The first-order chi connectivity index (χ1) is 23.7. The smallest absolute Gasteiger partial charge is 0.275 e. The minimum atomic E-state index is -1.17. The zero-order valence-electron chi connectivity index (χ0n) is 27.2. The second-order valence-corrected chi connectivity index (χ2v) is 12.3. The summed E-state index contributed by atoms with van der Waals surface area (Å²) in [6.07, 6.45) is -0.162. The number of nitrogens with one attached hydrogen (secondary N) is 3. The van der Waals surface area contributed by atoms with Crippen molar-refractivity contribution in [1.82, 2.24) is 40.5 Å². The summed E-state index contributed by atoms with van der Waals surface area (Å²) in [5, 5.41) is 13.4. The maximum atomic E-state index is 14.2. The Balaban J connectivity index is 1.30. The molecule has 254 valence electrons. The van der Waals surface area contributed by atoms with Crippen LogP contribution in [0.1, 0.15) is 28.5 Å². The van der Waals surface area contributed by atoms with Gasteiger partial charge in [0.25, 0.3) is 11.8 Å². The van der Waals surface area contributed by atoms with E-state index in [-0.39, 0.29) is 38.3 Å². The molecule has 14 nitrogen and oxygen atoms in total. The van der Waals surface area contributed by atoms with Gasteiger partial charge in [-0.15, -0.1) is 0 Å². The number of fused-ring (bicyclic) bond motifs is 3. The number of hydrogen-bond donors (Lipinski definition) is 3. The Kier molecular flexibility index (Phi) is 9.95. The minimum absolute atomic E-state index is 0.0381. The highest BCUT2D eigenvalue weighted by Crippen LogP contribution is 2.22. The molecule has 49 heavy (non-hydrogen) atoms. The fourth-order valence-corrected chi connectivity index (χ4v) is 6.04. The third kappa shape index (κ3) is 7.75. The van der Waals surface area contributed by atoms with Gasteiger partial charge in [-0.25, -0.2) is 9.67 Å². The van der Waals surface area contributed by atoms with Crippen molar-refractivity contribution < 1.29 is 28.7 Å². The molecule has 4 heterocycles. The minimum Gasteiger partial charge on any atom is -0.360 e. The molecule has 4 aromatic rings. The molecular formula is C35H38N8O6. The summed E-state index contributed by atoms with van der Waals surface area (Å²) in [6.45, 7) is 1.49. The van der Waals surface area contributed by atoms with Crippen LogP contribution in [0, 0.1) is 0 Å². The van der Waals surface area contributed by atoms with Crippen LogP contribution in [0.25, 0.3) is 11.0 Å². The topological polar surface area (TPSA) is 168 Å². The molecule has 3 N–H and O–H groups in total. The highest BCUT2D eigenvalue weighted by atomic mass is 16.5. The molecule has 2 aromatic carbocycles. The van der Waals surface area contributed by atoms with E-state index in [1.54, 1.807) is 23.0 Å². The van der Waals surface area contributed by atoms with Crippen molar-refractivity contribution in [1.29, 1.82) is 0 Å². The van der Waals surface area contributed by atoms with Crippen molar-refractivity contribution in [2.45, 2.75) is 44.2 Å². The molecule has 2 aliphatic rings. The van der Waals surface area contributed by atoms with Gasteiger partial charge in [0, 0.05) is 32.8 Å². The van der Waals surface area contributed by atoms with E-state index >= 15 is 0 Å². The Morgan fingerprint density at radius 3 is 2.35 bits per heavy atom. The number of amides is 5. The summed E-state index contributed by atoms with van der Waals surface area (Å²) in [6, 6.07) is 20.4. The van der Waals surface area contributed by atoms with Crippen LogP contribution in [0.5, 0.6) is 0 Å². The predicted molar refractivity (Wildman–Crippen MR) is 178 cm³/mol. The lowest BCUT2D eigenvalue weighted by Gasteiger charge is -2.37. The predicted octanol–water partition coefficient (Wildman–Crippen LogP) is 0.510. The fraction of sp³-hybridized carbons (Fsp3) is 0.343. The molecule has 0 spiro atoms. The molecule has 2 bridgehead atoms. The summed E-state index contributed by atoms with van der Waals surface area (Å²) in [7, 11) is 1.46. The summed E-state index contributed by atoms with van der Waals surface area (Å²) < 4.78 is 7.83. The molecule has 0 unspecified atom stereocenters. The number of hydrogen-bond acceptors (Lipinski definition) is 8. The summed E-state index contributed by atoms with van der Waals surface area (Å²) in [5.41, 5.74) is 2.49. The van der Waals surface area contributed by atoms with Crippen molar-refractivity contribution in [3.63, 3.8) is 0 Å². The van der Waals surface area contributed by atoms with E-state index in [1.165, 1.54) is 23.8 Å². The average molecular weight is 667 g/mol. The average Bonchev–Trinajstić information content (AvgIpc) is 3.47. The van der Waals surface area contributed by atoms with Crippen molar-refractivity contribution >= 4 is 40.6 Å². The normalized spacial score (nSPS) is 22.5. The monoisotopic (exact) mass is 666 g/mol. The van der Waals surface area contributed by atoms with Gasteiger partial charge in [0.2, 0.25) is 17.7 Å². The number of nitrogens with zero attached hydrogens (tertiary/aromatic N) is 5. The van der Waals surface area contributed by atoms with Gasteiger partial charge in [-0.2, -0.15) is 5.10 Å². The number of carbonyl (C=O) groups is 5. The van der Waals surface area contributed by atoms with E-state index in [1.807, 2.05) is 60.7 Å². The summed E-state index contributed by atoms with van der Waals surface area (Å²) in [5.74, 6) is -2.55. The first-order valence-electron chi connectivity index (χ1n) is 16.1. The van der Waals surface area contributed by atoms with E-state index in [2.05, 4.69) is 26.0 Å². The van der Waals surface area contributed by atoms with Crippen LogP contribution in [0.15, 0.2) is 79.0 Å². The number of pyridine rings is 1. The number of likely N-dealkylation sites (N-methyl/N-ethyl adjacent to an activating group) is 1. The molecule has 2 aliphatic heterocycles. The van der Waals surface area contributed by atoms with Gasteiger partial charge in [-0.05, 0) is 30.2 Å². The van der Waals surface area contributed by atoms with Gasteiger partial charge < -0.3 is 30.5 Å². The van der Waals surface area contributed by atoms with Crippen LogP contribution < -0.4 is 16.0 Å². The molecule has 0 aliphatic carbocycles. The van der Waals surface area contributed by atoms with Crippen molar-refractivity contribution in [2.75, 3.05) is 33.2 Å². The van der Waals surface area contributed by atoms with Crippen LogP contribution >= 0.6 is 0 Å². The maximum Gasteiger partial charge on any atom is 0.275 e. The van der Waals surface area contributed by atoms with Crippen LogP contribution in [0.4, 0.5) is 0 Å². The molecule has 0 saturated carbocycles. The van der Waals surface area contributed by atoms with Crippen molar-refractivity contribution in [2.24, 2.45) is 0 Å². The summed E-state index contributed by atoms with van der Waals surface area (Å²) in [4.78, 5) is 74.6. The zero-order valence-corrected chi connectivity index (χ0v) is 27.2. The number of carbonyl (C=O) groups excluding carboxylic acids is 5. The molecule has 2 aromatic heterocycles. The third-order valence-electron chi connectivity index (χ3n) is 8.56. The lowest BCUT2D eigenvalue weighted by atomic mass is 10.0. The van der Waals surface area contributed by atoms with Crippen LogP contribution in [0.2, 0.25) is 0 Å².